The number of ether oxygens (including phenoxy) is 2. The summed E-state index contributed by atoms with van der Waals surface area (Å²) in [5.74, 6) is 1.30. The number of rotatable bonds is 7. The average Bonchev–Trinajstić information content (AvgIpc) is 3.29. The number of carbonyl (C=O) groups is 1. The predicted octanol–water partition coefficient (Wildman–Crippen LogP) is 1.60. The Morgan fingerprint density at radius 3 is 2.79 bits per heavy atom. The predicted molar refractivity (Wildman–Crippen MR) is 101 cm³/mol. The zero-order valence-corrected chi connectivity index (χ0v) is 16.3. The first-order valence-electron chi connectivity index (χ1n) is 9.54. The molecule has 2 aromatic rings. The SMILES string of the molecule is COCCOCC(=O)N1CC2(CC(c3nc(-c4ccccc4)no3)N(C)C2)C1. The molecule has 3 heterocycles. The van der Waals surface area contributed by atoms with E-state index < -0.39 is 0 Å². The molecule has 0 N–H and O–H groups in total. The van der Waals surface area contributed by atoms with Crippen LogP contribution in [0.3, 0.4) is 0 Å². The molecular weight excluding hydrogens is 360 g/mol. The van der Waals surface area contributed by atoms with Crippen LogP contribution in [0, 0.1) is 5.41 Å². The molecule has 0 saturated carbocycles. The van der Waals surface area contributed by atoms with Crippen LogP contribution in [0.1, 0.15) is 18.4 Å². The maximum atomic E-state index is 12.2. The van der Waals surface area contributed by atoms with Crippen LogP contribution in [0.15, 0.2) is 34.9 Å². The summed E-state index contributed by atoms with van der Waals surface area (Å²) in [5.41, 5.74) is 1.05. The lowest BCUT2D eigenvalue weighted by Crippen LogP contribution is -2.60. The second-order valence-electron chi connectivity index (χ2n) is 7.75. The Labute approximate surface area is 164 Å². The van der Waals surface area contributed by atoms with Crippen LogP contribution in [0.2, 0.25) is 0 Å². The highest BCUT2D eigenvalue weighted by atomic mass is 16.5. The van der Waals surface area contributed by atoms with Gasteiger partial charge in [-0.1, -0.05) is 35.5 Å². The number of aromatic nitrogens is 2. The van der Waals surface area contributed by atoms with E-state index in [4.69, 9.17) is 14.0 Å². The van der Waals surface area contributed by atoms with Gasteiger partial charge in [-0.3, -0.25) is 9.69 Å². The van der Waals surface area contributed by atoms with Crippen molar-refractivity contribution in [2.24, 2.45) is 5.41 Å². The van der Waals surface area contributed by atoms with Gasteiger partial charge in [0.1, 0.15) is 6.61 Å². The van der Waals surface area contributed by atoms with E-state index in [9.17, 15) is 4.79 Å². The first-order chi connectivity index (χ1) is 13.6. The summed E-state index contributed by atoms with van der Waals surface area (Å²) in [6.07, 6.45) is 0.911. The van der Waals surface area contributed by atoms with Gasteiger partial charge in [0, 0.05) is 37.7 Å². The van der Waals surface area contributed by atoms with Crippen molar-refractivity contribution in [1.82, 2.24) is 19.9 Å². The zero-order chi connectivity index (χ0) is 19.6. The minimum Gasteiger partial charge on any atom is -0.382 e. The second-order valence-corrected chi connectivity index (χ2v) is 7.75. The molecule has 8 heteroatoms. The van der Waals surface area contributed by atoms with E-state index in [2.05, 4.69) is 22.1 Å². The van der Waals surface area contributed by atoms with Crippen LogP contribution in [-0.4, -0.2) is 79.5 Å². The van der Waals surface area contributed by atoms with Crippen molar-refractivity contribution in [3.05, 3.63) is 36.2 Å². The summed E-state index contributed by atoms with van der Waals surface area (Å²) in [4.78, 5) is 21.0. The Kier molecular flexibility index (Phi) is 5.43. The van der Waals surface area contributed by atoms with Gasteiger partial charge in [-0.2, -0.15) is 4.98 Å². The van der Waals surface area contributed by atoms with Crippen LogP contribution in [-0.2, 0) is 14.3 Å². The molecule has 0 radical (unpaired) electrons. The molecule has 2 saturated heterocycles. The highest BCUT2D eigenvalue weighted by Gasteiger charge is 2.53. The third-order valence-corrected chi connectivity index (χ3v) is 5.56. The molecule has 2 aliphatic heterocycles. The Hall–Kier alpha value is -2.29. The molecule has 2 fully saturated rings. The normalized spacial score (nSPS) is 21.2. The van der Waals surface area contributed by atoms with Crippen molar-refractivity contribution in [3.8, 4) is 11.4 Å². The lowest BCUT2D eigenvalue weighted by Gasteiger charge is -2.48. The number of nitrogens with zero attached hydrogens (tertiary/aromatic N) is 4. The molecule has 1 aromatic heterocycles. The van der Waals surface area contributed by atoms with Crippen molar-refractivity contribution in [1.29, 1.82) is 0 Å². The van der Waals surface area contributed by atoms with E-state index >= 15 is 0 Å². The summed E-state index contributed by atoms with van der Waals surface area (Å²) >= 11 is 0. The van der Waals surface area contributed by atoms with Crippen molar-refractivity contribution in [3.63, 3.8) is 0 Å². The van der Waals surface area contributed by atoms with E-state index in [1.54, 1.807) is 7.11 Å². The summed E-state index contributed by atoms with van der Waals surface area (Å²) in [5, 5.41) is 4.14. The molecule has 1 spiro atoms. The van der Waals surface area contributed by atoms with Gasteiger partial charge in [-0.05, 0) is 13.5 Å². The smallest absolute Gasteiger partial charge is 0.248 e. The summed E-state index contributed by atoms with van der Waals surface area (Å²) < 4.78 is 15.8. The number of methoxy groups -OCH3 is 1. The highest BCUT2D eigenvalue weighted by molar-refractivity contribution is 5.78. The Bertz CT molecular complexity index is 804. The van der Waals surface area contributed by atoms with Crippen LogP contribution >= 0.6 is 0 Å². The fourth-order valence-corrected chi connectivity index (χ4v) is 4.18. The molecule has 0 aliphatic carbocycles. The van der Waals surface area contributed by atoms with E-state index in [0.717, 1.165) is 31.6 Å². The molecular formula is C20H26N4O4. The third-order valence-electron chi connectivity index (χ3n) is 5.56. The molecule has 8 nitrogen and oxygen atoms in total. The van der Waals surface area contributed by atoms with Gasteiger partial charge in [0.25, 0.3) is 0 Å². The van der Waals surface area contributed by atoms with Crippen molar-refractivity contribution in [2.75, 3.05) is 53.6 Å². The second kappa shape index (κ2) is 7.98. The van der Waals surface area contributed by atoms with Gasteiger partial charge >= 0.3 is 0 Å². The number of hydrogen-bond acceptors (Lipinski definition) is 7. The topological polar surface area (TPSA) is 80.9 Å². The quantitative estimate of drug-likeness (QED) is 0.669. The Balaban J connectivity index is 1.33. The Morgan fingerprint density at radius 2 is 2.04 bits per heavy atom. The average molecular weight is 386 g/mol. The van der Waals surface area contributed by atoms with Crippen LogP contribution in [0.25, 0.3) is 11.4 Å². The van der Waals surface area contributed by atoms with Gasteiger partial charge in [0.2, 0.25) is 17.6 Å². The van der Waals surface area contributed by atoms with Crippen LogP contribution in [0.4, 0.5) is 0 Å². The van der Waals surface area contributed by atoms with Gasteiger partial charge in [-0.25, -0.2) is 0 Å². The van der Waals surface area contributed by atoms with Gasteiger partial charge in [0.05, 0.1) is 19.3 Å². The van der Waals surface area contributed by atoms with E-state index in [1.807, 2.05) is 35.2 Å². The molecule has 150 valence electrons. The van der Waals surface area contributed by atoms with E-state index in [0.29, 0.717) is 24.9 Å². The van der Waals surface area contributed by atoms with Crippen molar-refractivity contribution < 1.29 is 18.8 Å². The standard InChI is InChI=1S/C20H26N4O4/c1-23-12-20(13-24(14-20)17(25)11-27-9-8-26-2)10-16(23)19-21-18(22-28-19)15-6-4-3-5-7-15/h3-7,16H,8-14H2,1-2H3. The minimum absolute atomic E-state index is 0.0389. The molecule has 28 heavy (non-hydrogen) atoms. The monoisotopic (exact) mass is 386 g/mol. The fourth-order valence-electron chi connectivity index (χ4n) is 4.18. The lowest BCUT2D eigenvalue weighted by molar-refractivity contribution is -0.148. The zero-order valence-electron chi connectivity index (χ0n) is 16.3. The van der Waals surface area contributed by atoms with Crippen molar-refractivity contribution in [2.45, 2.75) is 12.5 Å². The number of amides is 1. The van der Waals surface area contributed by atoms with E-state index in [-0.39, 0.29) is 24.0 Å². The lowest BCUT2D eigenvalue weighted by atomic mass is 9.77. The highest BCUT2D eigenvalue weighted by Crippen LogP contribution is 2.47. The van der Waals surface area contributed by atoms with Crippen LogP contribution < -0.4 is 0 Å². The summed E-state index contributed by atoms with van der Waals surface area (Å²) in [7, 11) is 3.69. The number of hydrogen-bond donors (Lipinski definition) is 0. The summed E-state index contributed by atoms with van der Waals surface area (Å²) in [6.45, 7) is 3.46. The first kappa shape index (κ1) is 19.0. The first-order valence-corrected chi connectivity index (χ1v) is 9.54. The number of likely N-dealkylation sites (tertiary alicyclic amines) is 2. The summed E-state index contributed by atoms with van der Waals surface area (Å²) in [6, 6.07) is 9.91. The molecule has 2 aliphatic rings. The maximum absolute atomic E-state index is 12.2. The number of benzene rings is 1. The fraction of sp³-hybridized carbons (Fsp3) is 0.550. The molecule has 1 amide bonds. The number of carbonyl (C=O) groups excluding carboxylic acids is 1. The third kappa shape index (κ3) is 3.80. The van der Waals surface area contributed by atoms with E-state index in [1.165, 1.54) is 0 Å². The van der Waals surface area contributed by atoms with Gasteiger partial charge in [0.15, 0.2) is 0 Å². The molecule has 1 unspecified atom stereocenters. The van der Waals surface area contributed by atoms with Crippen LogP contribution in [0.5, 0.6) is 0 Å². The maximum Gasteiger partial charge on any atom is 0.248 e. The van der Waals surface area contributed by atoms with Gasteiger partial charge in [-0.15, -0.1) is 0 Å². The molecule has 1 aromatic carbocycles. The minimum atomic E-state index is 0.0389. The van der Waals surface area contributed by atoms with Gasteiger partial charge < -0.3 is 18.9 Å². The van der Waals surface area contributed by atoms with Crippen molar-refractivity contribution >= 4 is 5.91 Å². The largest absolute Gasteiger partial charge is 0.382 e. The molecule has 4 rings (SSSR count). The molecule has 0 bridgehead atoms. The Morgan fingerprint density at radius 1 is 1.25 bits per heavy atom. The molecule has 1 atom stereocenters.